The van der Waals surface area contributed by atoms with Gasteiger partial charge in [0.15, 0.2) is 5.82 Å². The van der Waals surface area contributed by atoms with Gasteiger partial charge in [-0.05, 0) is 44.5 Å². The number of aromatic hydroxyl groups is 1. The molecule has 1 atom stereocenters. The van der Waals surface area contributed by atoms with E-state index < -0.39 is 0 Å². The van der Waals surface area contributed by atoms with Crippen LogP contribution in [0.25, 0.3) is 0 Å². The van der Waals surface area contributed by atoms with E-state index in [4.69, 9.17) is 4.74 Å². The molecule has 1 aromatic heterocycles. The Balaban J connectivity index is 2.36. The van der Waals surface area contributed by atoms with E-state index in [0.717, 1.165) is 11.3 Å². The fourth-order valence-corrected chi connectivity index (χ4v) is 2.14. The van der Waals surface area contributed by atoms with Gasteiger partial charge in [0.1, 0.15) is 23.1 Å². The Kier molecular flexibility index (Phi) is 4.47. The molecule has 0 aliphatic rings. The molecule has 114 valence electrons. The Hall–Kier alpha value is -2.81. The van der Waals surface area contributed by atoms with E-state index in [9.17, 15) is 10.4 Å². The number of anilines is 1. The van der Waals surface area contributed by atoms with Gasteiger partial charge in [-0.3, -0.25) is 0 Å². The van der Waals surface area contributed by atoms with Crippen LogP contribution in [0.2, 0.25) is 0 Å². The quantitative estimate of drug-likeness (QED) is 0.902. The van der Waals surface area contributed by atoms with E-state index in [1.54, 1.807) is 25.3 Å². The monoisotopic (exact) mass is 298 g/mol. The molecule has 2 N–H and O–H groups in total. The fourth-order valence-electron chi connectivity index (χ4n) is 2.14. The largest absolute Gasteiger partial charge is 0.508 e. The van der Waals surface area contributed by atoms with E-state index in [-0.39, 0.29) is 11.8 Å². The number of rotatable bonds is 4. The summed E-state index contributed by atoms with van der Waals surface area (Å²) in [7, 11) is 1.57. The molecule has 0 spiro atoms. The number of ether oxygens (including phenoxy) is 1. The highest BCUT2D eigenvalue weighted by Crippen LogP contribution is 2.31. The summed E-state index contributed by atoms with van der Waals surface area (Å²) in [5.74, 6) is 1.20. The lowest BCUT2D eigenvalue weighted by atomic mass is 10.1. The van der Waals surface area contributed by atoms with Gasteiger partial charge < -0.3 is 15.2 Å². The second kappa shape index (κ2) is 6.31. The molecule has 22 heavy (non-hydrogen) atoms. The van der Waals surface area contributed by atoms with Crippen LogP contribution in [0.3, 0.4) is 0 Å². The molecule has 0 aliphatic heterocycles. The summed E-state index contributed by atoms with van der Waals surface area (Å²) < 4.78 is 5.17. The highest BCUT2D eigenvalue weighted by atomic mass is 16.5. The average Bonchev–Trinajstić information content (AvgIpc) is 2.51. The summed E-state index contributed by atoms with van der Waals surface area (Å²) in [6.45, 7) is 5.51. The molecule has 6 heteroatoms. The smallest absolute Gasteiger partial charge is 0.167 e. The number of aromatic nitrogens is 2. The SMILES string of the molecule is COc1ccc(O)c(C(C)Nc2nnc(C)c(C)c2C#N)c1. The van der Waals surface area contributed by atoms with Crippen LogP contribution in [-0.4, -0.2) is 22.4 Å². The number of methoxy groups -OCH3 is 1. The molecule has 0 saturated carbocycles. The van der Waals surface area contributed by atoms with Gasteiger partial charge in [-0.2, -0.15) is 10.4 Å². The van der Waals surface area contributed by atoms with E-state index in [1.807, 2.05) is 20.8 Å². The third kappa shape index (κ3) is 2.93. The minimum absolute atomic E-state index is 0.149. The molecule has 0 fully saturated rings. The average molecular weight is 298 g/mol. The lowest BCUT2D eigenvalue weighted by Gasteiger charge is -2.18. The summed E-state index contributed by atoms with van der Waals surface area (Å²) in [4.78, 5) is 0. The van der Waals surface area contributed by atoms with E-state index >= 15 is 0 Å². The van der Waals surface area contributed by atoms with Crippen molar-refractivity contribution in [1.82, 2.24) is 10.2 Å². The van der Waals surface area contributed by atoms with Crippen molar-refractivity contribution in [3.05, 3.63) is 40.6 Å². The van der Waals surface area contributed by atoms with Crippen molar-refractivity contribution in [2.75, 3.05) is 12.4 Å². The van der Waals surface area contributed by atoms with Gasteiger partial charge in [0.2, 0.25) is 0 Å². The highest BCUT2D eigenvalue weighted by molar-refractivity contribution is 5.57. The number of phenols is 1. The second-order valence-electron chi connectivity index (χ2n) is 5.04. The van der Waals surface area contributed by atoms with Crippen molar-refractivity contribution in [1.29, 1.82) is 5.26 Å². The molecule has 0 amide bonds. The molecule has 0 aliphatic carbocycles. The number of nitriles is 1. The topological polar surface area (TPSA) is 91.1 Å². The van der Waals surface area contributed by atoms with Crippen molar-refractivity contribution >= 4 is 5.82 Å². The zero-order valence-corrected chi connectivity index (χ0v) is 13.0. The first-order valence-corrected chi connectivity index (χ1v) is 6.85. The highest BCUT2D eigenvalue weighted by Gasteiger charge is 2.16. The summed E-state index contributed by atoms with van der Waals surface area (Å²) >= 11 is 0. The third-order valence-corrected chi connectivity index (χ3v) is 3.62. The number of nitrogens with zero attached hydrogens (tertiary/aromatic N) is 3. The first kappa shape index (κ1) is 15.6. The minimum Gasteiger partial charge on any atom is -0.508 e. The number of hydrogen-bond acceptors (Lipinski definition) is 6. The predicted octanol–water partition coefficient (Wildman–Crippen LogP) is 2.85. The zero-order valence-electron chi connectivity index (χ0n) is 13.0. The standard InChI is InChI=1S/C16H18N4O2/c1-9-10(2)19-20-16(14(9)8-17)18-11(3)13-7-12(22-4)5-6-15(13)21/h5-7,11,21H,1-4H3,(H,18,20). The minimum atomic E-state index is -0.265. The van der Waals surface area contributed by atoms with Crippen LogP contribution in [0.1, 0.15) is 35.3 Å². The molecular weight excluding hydrogens is 280 g/mol. The predicted molar refractivity (Wildman–Crippen MR) is 82.9 cm³/mol. The van der Waals surface area contributed by atoms with Gasteiger partial charge >= 0.3 is 0 Å². The van der Waals surface area contributed by atoms with E-state index in [1.165, 1.54) is 0 Å². The van der Waals surface area contributed by atoms with Crippen LogP contribution in [-0.2, 0) is 0 Å². The molecule has 1 aromatic carbocycles. The number of benzene rings is 1. The molecular formula is C16H18N4O2. The summed E-state index contributed by atoms with van der Waals surface area (Å²) in [6, 6.07) is 6.88. The molecule has 1 unspecified atom stereocenters. The van der Waals surface area contributed by atoms with Crippen LogP contribution < -0.4 is 10.1 Å². The molecule has 0 saturated heterocycles. The lowest BCUT2D eigenvalue weighted by molar-refractivity contribution is 0.410. The number of hydrogen-bond donors (Lipinski definition) is 2. The summed E-state index contributed by atoms with van der Waals surface area (Å²) in [6.07, 6.45) is 0. The van der Waals surface area contributed by atoms with Crippen molar-refractivity contribution in [3.8, 4) is 17.6 Å². The lowest BCUT2D eigenvalue weighted by Crippen LogP contribution is -2.12. The Labute approximate surface area is 129 Å². The Morgan fingerprint density at radius 2 is 2.05 bits per heavy atom. The van der Waals surface area contributed by atoms with Crippen molar-refractivity contribution in [2.24, 2.45) is 0 Å². The van der Waals surface area contributed by atoms with Crippen LogP contribution >= 0.6 is 0 Å². The first-order chi connectivity index (χ1) is 10.5. The third-order valence-electron chi connectivity index (χ3n) is 3.62. The Morgan fingerprint density at radius 3 is 2.68 bits per heavy atom. The summed E-state index contributed by atoms with van der Waals surface area (Å²) in [5, 5.41) is 30.5. The fraction of sp³-hybridized carbons (Fsp3) is 0.312. The molecule has 6 nitrogen and oxygen atoms in total. The first-order valence-electron chi connectivity index (χ1n) is 6.85. The van der Waals surface area contributed by atoms with Gasteiger partial charge in [0.05, 0.1) is 18.8 Å². The second-order valence-corrected chi connectivity index (χ2v) is 5.04. The Morgan fingerprint density at radius 1 is 1.32 bits per heavy atom. The van der Waals surface area contributed by atoms with Gasteiger partial charge in [0.25, 0.3) is 0 Å². The van der Waals surface area contributed by atoms with Crippen LogP contribution in [0, 0.1) is 25.2 Å². The number of phenolic OH excluding ortho intramolecular Hbond substituents is 1. The maximum absolute atomic E-state index is 10.0. The van der Waals surface area contributed by atoms with Gasteiger partial charge in [-0.15, -0.1) is 5.10 Å². The van der Waals surface area contributed by atoms with Crippen molar-refractivity contribution in [2.45, 2.75) is 26.8 Å². The van der Waals surface area contributed by atoms with E-state index in [0.29, 0.717) is 22.7 Å². The van der Waals surface area contributed by atoms with Gasteiger partial charge in [-0.25, -0.2) is 0 Å². The maximum atomic E-state index is 10.0. The molecule has 2 aromatic rings. The van der Waals surface area contributed by atoms with Crippen LogP contribution in [0.4, 0.5) is 5.82 Å². The van der Waals surface area contributed by atoms with E-state index in [2.05, 4.69) is 21.6 Å². The van der Waals surface area contributed by atoms with Crippen LogP contribution in [0.15, 0.2) is 18.2 Å². The van der Waals surface area contributed by atoms with Gasteiger partial charge in [0, 0.05) is 5.56 Å². The van der Waals surface area contributed by atoms with Crippen molar-refractivity contribution in [3.63, 3.8) is 0 Å². The molecule has 1 heterocycles. The molecule has 0 bridgehead atoms. The zero-order chi connectivity index (χ0) is 16.3. The molecule has 2 rings (SSSR count). The molecule has 0 radical (unpaired) electrons. The number of nitrogens with one attached hydrogen (secondary N) is 1. The summed E-state index contributed by atoms with van der Waals surface area (Å²) in [5.41, 5.74) is 2.63. The van der Waals surface area contributed by atoms with Gasteiger partial charge in [-0.1, -0.05) is 0 Å². The van der Waals surface area contributed by atoms with Crippen molar-refractivity contribution < 1.29 is 9.84 Å². The normalized spacial score (nSPS) is 11.6. The maximum Gasteiger partial charge on any atom is 0.167 e. The Bertz CT molecular complexity index is 738. The number of aryl methyl sites for hydroxylation is 1. The van der Waals surface area contributed by atoms with Crippen LogP contribution in [0.5, 0.6) is 11.5 Å².